The summed E-state index contributed by atoms with van der Waals surface area (Å²) in [4.78, 5) is 14.1. The van der Waals surface area contributed by atoms with E-state index in [1.807, 2.05) is 14.0 Å². The van der Waals surface area contributed by atoms with Crippen LogP contribution in [0.4, 0.5) is 5.69 Å². The zero-order chi connectivity index (χ0) is 14.3. The zero-order valence-corrected chi connectivity index (χ0v) is 12.1. The molecule has 0 aromatic heterocycles. The highest BCUT2D eigenvalue weighted by atomic mass is 16.5. The van der Waals surface area contributed by atoms with E-state index in [4.69, 9.17) is 10.5 Å². The predicted octanol–water partition coefficient (Wildman–Crippen LogP) is 2.93. The third-order valence-corrected chi connectivity index (χ3v) is 3.01. The van der Waals surface area contributed by atoms with Crippen molar-refractivity contribution in [3.63, 3.8) is 0 Å². The summed E-state index contributed by atoms with van der Waals surface area (Å²) in [5.74, 6) is 0.462. The Hall–Kier alpha value is -1.71. The predicted molar refractivity (Wildman–Crippen MR) is 78.5 cm³/mol. The molecule has 1 rings (SSSR count). The first-order chi connectivity index (χ1) is 9.11. The number of amides is 1. The molecule has 0 aliphatic carbocycles. The highest BCUT2D eigenvalue weighted by molar-refractivity contribution is 5.98. The van der Waals surface area contributed by atoms with Crippen molar-refractivity contribution in [1.82, 2.24) is 4.90 Å². The Bertz CT molecular complexity index is 419. The second-order valence-electron chi connectivity index (χ2n) is 4.59. The highest BCUT2D eigenvalue weighted by Gasteiger charge is 2.18. The van der Waals surface area contributed by atoms with Crippen molar-refractivity contribution in [3.8, 4) is 5.75 Å². The lowest BCUT2D eigenvalue weighted by molar-refractivity contribution is 0.0788. The number of anilines is 1. The summed E-state index contributed by atoms with van der Waals surface area (Å²) in [6.07, 6.45) is 3.29. The fraction of sp³-hybridized carbons (Fsp3) is 0.533. The summed E-state index contributed by atoms with van der Waals surface area (Å²) in [6, 6.07) is 5.30. The first-order valence-corrected chi connectivity index (χ1v) is 6.88. The van der Waals surface area contributed by atoms with Crippen molar-refractivity contribution >= 4 is 11.6 Å². The van der Waals surface area contributed by atoms with Crippen LogP contribution < -0.4 is 10.5 Å². The number of rotatable bonds is 7. The number of carbonyl (C=O) groups excluding carboxylic acids is 1. The Kier molecular flexibility index (Phi) is 6.19. The van der Waals surface area contributed by atoms with Gasteiger partial charge in [0, 0.05) is 13.6 Å². The molecule has 0 fully saturated rings. The van der Waals surface area contributed by atoms with Crippen LogP contribution in [0.15, 0.2) is 18.2 Å². The van der Waals surface area contributed by atoms with Crippen LogP contribution in [0.2, 0.25) is 0 Å². The van der Waals surface area contributed by atoms with Crippen molar-refractivity contribution in [2.24, 2.45) is 0 Å². The van der Waals surface area contributed by atoms with E-state index in [1.165, 1.54) is 0 Å². The number of ether oxygens (including phenoxy) is 1. The topological polar surface area (TPSA) is 55.6 Å². The number of nitrogens with zero attached hydrogens (tertiary/aromatic N) is 1. The number of carbonyl (C=O) groups is 1. The molecule has 0 saturated heterocycles. The summed E-state index contributed by atoms with van der Waals surface area (Å²) in [7, 11) is 1.82. The van der Waals surface area contributed by atoms with Gasteiger partial charge in [0.05, 0.1) is 17.9 Å². The largest absolute Gasteiger partial charge is 0.491 e. The second-order valence-corrected chi connectivity index (χ2v) is 4.59. The summed E-state index contributed by atoms with van der Waals surface area (Å²) >= 11 is 0. The molecule has 2 N–H and O–H groups in total. The quantitative estimate of drug-likeness (QED) is 0.608. The van der Waals surface area contributed by atoms with Gasteiger partial charge in [0.15, 0.2) is 5.75 Å². The summed E-state index contributed by atoms with van der Waals surface area (Å²) in [6.45, 7) is 5.28. The average molecular weight is 264 g/mol. The van der Waals surface area contributed by atoms with Crippen molar-refractivity contribution in [2.75, 3.05) is 25.9 Å². The Morgan fingerprint density at radius 1 is 1.32 bits per heavy atom. The molecule has 4 heteroatoms. The minimum Gasteiger partial charge on any atom is -0.491 e. The monoisotopic (exact) mass is 264 g/mol. The van der Waals surface area contributed by atoms with Crippen molar-refractivity contribution in [1.29, 1.82) is 0 Å². The molecule has 1 amide bonds. The number of para-hydroxylation sites is 1. The number of nitrogen functional groups attached to an aromatic ring is 1. The minimum atomic E-state index is -0.0353. The van der Waals surface area contributed by atoms with Gasteiger partial charge in [-0.3, -0.25) is 4.79 Å². The minimum absolute atomic E-state index is 0.0353. The van der Waals surface area contributed by atoms with Crippen molar-refractivity contribution in [2.45, 2.75) is 33.1 Å². The highest BCUT2D eigenvalue weighted by Crippen LogP contribution is 2.27. The van der Waals surface area contributed by atoms with Gasteiger partial charge in [-0.1, -0.05) is 25.8 Å². The molecular formula is C15H24N2O2. The Morgan fingerprint density at radius 3 is 2.68 bits per heavy atom. The van der Waals surface area contributed by atoms with Gasteiger partial charge in [-0.15, -0.1) is 0 Å². The van der Waals surface area contributed by atoms with Crippen molar-refractivity contribution in [3.05, 3.63) is 23.8 Å². The fourth-order valence-corrected chi connectivity index (χ4v) is 1.93. The van der Waals surface area contributed by atoms with Crippen LogP contribution in [-0.2, 0) is 0 Å². The van der Waals surface area contributed by atoms with Crippen LogP contribution in [0.3, 0.4) is 0 Å². The Labute approximate surface area is 115 Å². The molecular weight excluding hydrogens is 240 g/mol. The molecule has 0 unspecified atom stereocenters. The molecule has 0 aliphatic rings. The van der Waals surface area contributed by atoms with Crippen LogP contribution in [0.5, 0.6) is 5.75 Å². The number of hydrogen-bond donors (Lipinski definition) is 1. The van der Waals surface area contributed by atoms with E-state index >= 15 is 0 Å². The molecule has 106 valence electrons. The van der Waals surface area contributed by atoms with Gasteiger partial charge in [-0.25, -0.2) is 0 Å². The lowest BCUT2D eigenvalue weighted by Gasteiger charge is -2.19. The summed E-state index contributed by atoms with van der Waals surface area (Å²) in [5.41, 5.74) is 6.92. The maximum absolute atomic E-state index is 12.4. The SMILES string of the molecule is CCCCCN(C)C(=O)c1cccc(N)c1OCC. The van der Waals surface area contributed by atoms with E-state index in [2.05, 4.69) is 6.92 Å². The number of nitrogens with two attached hydrogens (primary N) is 1. The fourth-order valence-electron chi connectivity index (χ4n) is 1.93. The van der Waals surface area contributed by atoms with E-state index in [0.717, 1.165) is 25.8 Å². The molecule has 19 heavy (non-hydrogen) atoms. The molecule has 0 saturated carbocycles. The molecule has 0 heterocycles. The lowest BCUT2D eigenvalue weighted by Crippen LogP contribution is -2.28. The maximum atomic E-state index is 12.4. The molecule has 0 aliphatic heterocycles. The Balaban J connectivity index is 2.83. The number of benzene rings is 1. The van der Waals surface area contributed by atoms with Crippen LogP contribution in [0.25, 0.3) is 0 Å². The molecule has 0 bridgehead atoms. The standard InChI is InChI=1S/C15H24N2O2/c1-4-6-7-11-17(3)15(18)12-9-8-10-13(16)14(12)19-5-2/h8-10H,4-7,11,16H2,1-3H3. The molecule has 0 atom stereocenters. The Morgan fingerprint density at radius 2 is 2.05 bits per heavy atom. The third-order valence-electron chi connectivity index (χ3n) is 3.01. The molecule has 1 aromatic carbocycles. The van der Waals surface area contributed by atoms with Crippen LogP contribution in [0.1, 0.15) is 43.5 Å². The van der Waals surface area contributed by atoms with Gasteiger partial charge >= 0.3 is 0 Å². The van der Waals surface area contributed by atoms with Crippen LogP contribution in [-0.4, -0.2) is 31.0 Å². The normalized spacial score (nSPS) is 10.3. The van der Waals surface area contributed by atoms with Gasteiger partial charge < -0.3 is 15.4 Å². The van der Waals surface area contributed by atoms with Gasteiger partial charge in [0.1, 0.15) is 0 Å². The van der Waals surface area contributed by atoms with E-state index in [1.54, 1.807) is 23.1 Å². The first-order valence-electron chi connectivity index (χ1n) is 6.88. The lowest BCUT2D eigenvalue weighted by atomic mass is 10.1. The van der Waals surface area contributed by atoms with E-state index < -0.39 is 0 Å². The molecule has 0 radical (unpaired) electrons. The smallest absolute Gasteiger partial charge is 0.257 e. The summed E-state index contributed by atoms with van der Waals surface area (Å²) < 4.78 is 5.49. The number of unbranched alkanes of at least 4 members (excludes halogenated alkanes) is 2. The van der Waals surface area contributed by atoms with Crippen LogP contribution in [0, 0.1) is 0 Å². The summed E-state index contributed by atoms with van der Waals surface area (Å²) in [5, 5.41) is 0. The average Bonchev–Trinajstić information content (AvgIpc) is 2.40. The van der Waals surface area contributed by atoms with Gasteiger partial charge in [0.25, 0.3) is 5.91 Å². The molecule has 0 spiro atoms. The maximum Gasteiger partial charge on any atom is 0.257 e. The van der Waals surface area contributed by atoms with E-state index in [0.29, 0.717) is 23.6 Å². The van der Waals surface area contributed by atoms with Gasteiger partial charge in [-0.05, 0) is 25.5 Å². The van der Waals surface area contributed by atoms with Gasteiger partial charge in [-0.2, -0.15) is 0 Å². The first kappa shape index (κ1) is 15.3. The van der Waals surface area contributed by atoms with Gasteiger partial charge in [0.2, 0.25) is 0 Å². The third kappa shape index (κ3) is 4.16. The van der Waals surface area contributed by atoms with E-state index in [-0.39, 0.29) is 5.91 Å². The zero-order valence-electron chi connectivity index (χ0n) is 12.1. The van der Waals surface area contributed by atoms with Crippen LogP contribution >= 0.6 is 0 Å². The van der Waals surface area contributed by atoms with Crippen molar-refractivity contribution < 1.29 is 9.53 Å². The second kappa shape index (κ2) is 7.67. The molecule has 4 nitrogen and oxygen atoms in total. The number of hydrogen-bond acceptors (Lipinski definition) is 3. The molecule has 1 aromatic rings. The van der Waals surface area contributed by atoms with E-state index in [9.17, 15) is 4.79 Å².